The van der Waals surface area contributed by atoms with E-state index in [0.717, 1.165) is 31.7 Å². The molecule has 0 atom stereocenters. The number of nitrogens with zero attached hydrogens (tertiary/aromatic N) is 3. The normalized spacial score (nSPS) is 14.9. The van der Waals surface area contributed by atoms with E-state index < -0.39 is 18.1 Å². The van der Waals surface area contributed by atoms with Gasteiger partial charge in [-0.1, -0.05) is 0 Å². The molecule has 0 aliphatic carbocycles. The maximum absolute atomic E-state index is 10.6. The Balaban J connectivity index is 0.000000381. The first-order valence-corrected chi connectivity index (χ1v) is 7.26. The van der Waals surface area contributed by atoms with Crippen LogP contribution in [0.4, 0.5) is 19.0 Å². The van der Waals surface area contributed by atoms with E-state index >= 15 is 0 Å². The SMILES string of the molecule is N#Cc1ccc(N2CCC(CC(=O)O)CC2)nc1.O=C(O)C(F)(F)F. The highest BCUT2D eigenvalue weighted by molar-refractivity contribution is 5.73. The number of carboxylic acid groups (broad SMARTS) is 2. The fourth-order valence-corrected chi connectivity index (χ4v) is 2.25. The Labute approximate surface area is 141 Å². The van der Waals surface area contributed by atoms with E-state index in [1.807, 2.05) is 12.1 Å². The number of halogens is 3. The van der Waals surface area contributed by atoms with Gasteiger partial charge >= 0.3 is 18.1 Å². The van der Waals surface area contributed by atoms with Crippen molar-refractivity contribution in [2.24, 2.45) is 5.92 Å². The zero-order valence-electron chi connectivity index (χ0n) is 13.0. The molecule has 25 heavy (non-hydrogen) atoms. The molecule has 7 nitrogen and oxygen atoms in total. The van der Waals surface area contributed by atoms with Crippen LogP contribution in [0.25, 0.3) is 0 Å². The van der Waals surface area contributed by atoms with Crippen LogP contribution in [0.3, 0.4) is 0 Å². The Morgan fingerprint density at radius 1 is 1.28 bits per heavy atom. The van der Waals surface area contributed by atoms with Gasteiger partial charge in [0.15, 0.2) is 0 Å². The second-order valence-electron chi connectivity index (χ2n) is 5.35. The van der Waals surface area contributed by atoms with Crippen LogP contribution >= 0.6 is 0 Å². The Bertz CT molecular complexity index is 633. The predicted octanol–water partition coefficient (Wildman–Crippen LogP) is 2.28. The van der Waals surface area contributed by atoms with Crippen molar-refractivity contribution in [3.8, 4) is 6.07 Å². The van der Waals surface area contributed by atoms with Crippen molar-refractivity contribution in [3.05, 3.63) is 23.9 Å². The van der Waals surface area contributed by atoms with Gasteiger partial charge in [0.05, 0.1) is 5.56 Å². The summed E-state index contributed by atoms with van der Waals surface area (Å²) in [6.07, 6.45) is -1.49. The van der Waals surface area contributed by atoms with Crippen LogP contribution in [-0.2, 0) is 9.59 Å². The average Bonchev–Trinajstić information content (AvgIpc) is 2.55. The summed E-state index contributed by atoms with van der Waals surface area (Å²) in [5.41, 5.74) is 0.555. The number of alkyl halides is 3. The Morgan fingerprint density at radius 2 is 1.84 bits per heavy atom. The van der Waals surface area contributed by atoms with E-state index in [-0.39, 0.29) is 12.3 Å². The molecular weight excluding hydrogens is 343 g/mol. The molecule has 2 heterocycles. The maximum Gasteiger partial charge on any atom is 0.490 e. The predicted molar refractivity (Wildman–Crippen MR) is 79.8 cm³/mol. The summed E-state index contributed by atoms with van der Waals surface area (Å²) in [6, 6.07) is 5.64. The summed E-state index contributed by atoms with van der Waals surface area (Å²) < 4.78 is 31.7. The van der Waals surface area contributed by atoms with Gasteiger partial charge in [0.25, 0.3) is 0 Å². The number of rotatable bonds is 3. The molecule has 2 N–H and O–H groups in total. The Hall–Kier alpha value is -2.83. The quantitative estimate of drug-likeness (QED) is 0.851. The molecule has 136 valence electrons. The van der Waals surface area contributed by atoms with Gasteiger partial charge in [-0.05, 0) is 30.9 Å². The molecule has 1 aliphatic rings. The van der Waals surface area contributed by atoms with E-state index in [9.17, 15) is 18.0 Å². The van der Waals surface area contributed by atoms with Gasteiger partial charge < -0.3 is 15.1 Å². The number of carboxylic acids is 2. The summed E-state index contributed by atoms with van der Waals surface area (Å²) in [5, 5.41) is 24.6. The van der Waals surface area contributed by atoms with Crippen LogP contribution in [0.15, 0.2) is 18.3 Å². The highest BCUT2D eigenvalue weighted by atomic mass is 19.4. The number of carbonyl (C=O) groups is 2. The van der Waals surface area contributed by atoms with Gasteiger partial charge in [-0.3, -0.25) is 4.79 Å². The molecule has 0 aromatic carbocycles. The molecule has 2 rings (SSSR count). The molecule has 0 amide bonds. The van der Waals surface area contributed by atoms with Gasteiger partial charge in [-0.2, -0.15) is 18.4 Å². The van der Waals surface area contributed by atoms with Gasteiger partial charge in [0, 0.05) is 25.7 Å². The third-order valence-electron chi connectivity index (χ3n) is 3.52. The van der Waals surface area contributed by atoms with Gasteiger partial charge in [-0.15, -0.1) is 0 Å². The molecule has 1 fully saturated rings. The minimum atomic E-state index is -5.08. The van der Waals surface area contributed by atoms with Gasteiger partial charge in [0.1, 0.15) is 11.9 Å². The summed E-state index contributed by atoms with van der Waals surface area (Å²) in [6.45, 7) is 1.66. The molecule has 1 aromatic heterocycles. The minimum absolute atomic E-state index is 0.259. The molecule has 0 bridgehead atoms. The second-order valence-corrected chi connectivity index (χ2v) is 5.35. The van der Waals surface area contributed by atoms with Crippen LogP contribution in [-0.4, -0.2) is 46.4 Å². The van der Waals surface area contributed by atoms with Crippen LogP contribution in [0, 0.1) is 17.2 Å². The van der Waals surface area contributed by atoms with Crippen molar-refractivity contribution in [1.29, 1.82) is 5.26 Å². The lowest BCUT2D eigenvalue weighted by Gasteiger charge is -2.32. The van der Waals surface area contributed by atoms with Crippen molar-refractivity contribution in [3.63, 3.8) is 0 Å². The lowest BCUT2D eigenvalue weighted by Crippen LogP contribution is -2.34. The number of pyridine rings is 1. The molecule has 0 spiro atoms. The highest BCUT2D eigenvalue weighted by Crippen LogP contribution is 2.23. The third kappa shape index (κ3) is 7.07. The first-order chi connectivity index (χ1) is 11.6. The number of hydrogen-bond acceptors (Lipinski definition) is 5. The van der Waals surface area contributed by atoms with Crippen LogP contribution in [0.2, 0.25) is 0 Å². The zero-order chi connectivity index (χ0) is 19.0. The standard InChI is InChI=1S/C13H15N3O2.C2HF3O2/c14-8-11-1-2-12(15-9-11)16-5-3-10(4-6-16)7-13(17)18;3-2(4,5)1(6)7/h1-2,9-10H,3-7H2,(H,17,18);(H,6,7). The molecule has 1 saturated heterocycles. The summed E-state index contributed by atoms with van der Waals surface area (Å²) in [7, 11) is 0. The molecule has 0 unspecified atom stereocenters. The van der Waals surface area contributed by atoms with Crippen molar-refractivity contribution in [2.75, 3.05) is 18.0 Å². The number of piperidine rings is 1. The Kier molecular flexibility index (Phi) is 7.17. The molecule has 0 saturated carbocycles. The van der Waals surface area contributed by atoms with E-state index in [4.69, 9.17) is 20.3 Å². The van der Waals surface area contributed by atoms with Crippen LogP contribution < -0.4 is 4.90 Å². The minimum Gasteiger partial charge on any atom is -0.481 e. The number of aliphatic carboxylic acids is 2. The summed E-state index contributed by atoms with van der Waals surface area (Å²) in [5.74, 6) is -2.34. The first-order valence-electron chi connectivity index (χ1n) is 7.26. The number of hydrogen-bond donors (Lipinski definition) is 2. The largest absolute Gasteiger partial charge is 0.490 e. The van der Waals surface area contributed by atoms with E-state index in [1.54, 1.807) is 12.3 Å². The fraction of sp³-hybridized carbons (Fsp3) is 0.467. The van der Waals surface area contributed by atoms with E-state index in [0.29, 0.717) is 5.56 Å². The molecule has 10 heteroatoms. The van der Waals surface area contributed by atoms with Crippen molar-refractivity contribution < 1.29 is 33.0 Å². The van der Waals surface area contributed by atoms with Crippen LogP contribution in [0.5, 0.6) is 0 Å². The van der Waals surface area contributed by atoms with Crippen molar-refractivity contribution in [2.45, 2.75) is 25.4 Å². The van der Waals surface area contributed by atoms with Crippen molar-refractivity contribution >= 4 is 17.8 Å². The van der Waals surface area contributed by atoms with Gasteiger partial charge in [0.2, 0.25) is 0 Å². The smallest absolute Gasteiger partial charge is 0.481 e. The first kappa shape index (κ1) is 20.2. The number of aromatic nitrogens is 1. The lowest BCUT2D eigenvalue weighted by molar-refractivity contribution is -0.192. The number of anilines is 1. The zero-order valence-corrected chi connectivity index (χ0v) is 13.0. The molecule has 1 aromatic rings. The average molecular weight is 359 g/mol. The molecule has 0 radical (unpaired) electrons. The monoisotopic (exact) mass is 359 g/mol. The Morgan fingerprint density at radius 3 is 2.20 bits per heavy atom. The topological polar surface area (TPSA) is 115 Å². The van der Waals surface area contributed by atoms with E-state index in [2.05, 4.69) is 9.88 Å². The summed E-state index contributed by atoms with van der Waals surface area (Å²) in [4.78, 5) is 25.9. The van der Waals surface area contributed by atoms with E-state index in [1.165, 1.54) is 0 Å². The van der Waals surface area contributed by atoms with Crippen molar-refractivity contribution in [1.82, 2.24) is 4.98 Å². The fourth-order valence-electron chi connectivity index (χ4n) is 2.25. The molecule has 1 aliphatic heterocycles. The van der Waals surface area contributed by atoms with Crippen LogP contribution in [0.1, 0.15) is 24.8 Å². The lowest BCUT2D eigenvalue weighted by atomic mass is 9.94. The maximum atomic E-state index is 10.6. The van der Waals surface area contributed by atoms with Gasteiger partial charge in [-0.25, -0.2) is 9.78 Å². The highest BCUT2D eigenvalue weighted by Gasteiger charge is 2.38. The second kappa shape index (κ2) is 8.86. The molecular formula is C15H16F3N3O4. The summed E-state index contributed by atoms with van der Waals surface area (Å²) >= 11 is 0. The third-order valence-corrected chi connectivity index (χ3v) is 3.52. The number of nitriles is 1.